The van der Waals surface area contributed by atoms with Crippen LogP contribution in [0.5, 0.6) is 0 Å². The minimum atomic E-state index is 0.778. The summed E-state index contributed by atoms with van der Waals surface area (Å²) in [7, 11) is 0. The molecule has 0 N–H and O–H groups in total. The molecule has 4 nitrogen and oxygen atoms in total. The van der Waals surface area contributed by atoms with Crippen molar-refractivity contribution in [3.05, 3.63) is 25.3 Å². The third kappa shape index (κ3) is 4.45. The Bertz CT molecular complexity index is 206. The monoisotopic (exact) mass is 182 g/mol. The molecule has 1 aromatic rings. The van der Waals surface area contributed by atoms with Crippen molar-refractivity contribution >= 4 is 6.20 Å². The number of nitrogens with zero attached hydrogens (tertiary/aromatic N) is 2. The van der Waals surface area contributed by atoms with E-state index in [-0.39, 0.29) is 0 Å². The maximum Gasteiger partial charge on any atom is 0.0986 e. The van der Waals surface area contributed by atoms with Crippen LogP contribution >= 0.6 is 0 Å². The summed E-state index contributed by atoms with van der Waals surface area (Å²) in [5.41, 5.74) is 0. The number of ether oxygens (including phenoxy) is 2. The molecule has 13 heavy (non-hydrogen) atoms. The van der Waals surface area contributed by atoms with Crippen LogP contribution in [-0.4, -0.2) is 36.0 Å². The van der Waals surface area contributed by atoms with Crippen LogP contribution in [0, 0.1) is 0 Å². The van der Waals surface area contributed by atoms with Gasteiger partial charge in [-0.3, -0.25) is 0 Å². The second-order valence-corrected chi connectivity index (χ2v) is 2.42. The molecular formula is C9H14N2O2. The van der Waals surface area contributed by atoms with Crippen LogP contribution in [0.3, 0.4) is 0 Å². The Hall–Kier alpha value is -1.13. The first-order valence-corrected chi connectivity index (χ1v) is 4.19. The average Bonchev–Trinajstić information content (AvgIpc) is 2.74. The first-order chi connectivity index (χ1) is 6.43. The number of rotatable bonds is 1. The SMILES string of the molecule is C1COCCO1.C=Cn1ccnc1. The minimum Gasteiger partial charge on any atom is -0.377 e. The fraction of sp³-hybridized carbons (Fsp3) is 0.444. The lowest BCUT2D eigenvalue weighted by atomic mass is 10.6. The molecular weight excluding hydrogens is 168 g/mol. The van der Waals surface area contributed by atoms with E-state index in [0.717, 1.165) is 26.4 Å². The minimum absolute atomic E-state index is 0.778. The Balaban J connectivity index is 0.000000132. The summed E-state index contributed by atoms with van der Waals surface area (Å²) in [6.45, 7) is 6.64. The zero-order chi connectivity index (χ0) is 9.36. The third-order valence-electron chi connectivity index (χ3n) is 1.48. The molecule has 1 aliphatic heterocycles. The van der Waals surface area contributed by atoms with Crippen molar-refractivity contribution in [1.82, 2.24) is 9.55 Å². The molecule has 0 saturated carbocycles. The molecule has 0 atom stereocenters. The first kappa shape index (κ1) is 9.95. The highest BCUT2D eigenvalue weighted by Gasteiger charge is 1.94. The van der Waals surface area contributed by atoms with Gasteiger partial charge in [-0.15, -0.1) is 0 Å². The van der Waals surface area contributed by atoms with Gasteiger partial charge in [0.15, 0.2) is 0 Å². The lowest BCUT2D eigenvalue weighted by Gasteiger charge is -2.09. The Morgan fingerprint density at radius 2 is 1.85 bits per heavy atom. The van der Waals surface area contributed by atoms with E-state index in [0.29, 0.717) is 0 Å². The van der Waals surface area contributed by atoms with Crippen LogP contribution in [0.2, 0.25) is 0 Å². The van der Waals surface area contributed by atoms with E-state index in [1.807, 2.05) is 6.20 Å². The van der Waals surface area contributed by atoms with E-state index in [9.17, 15) is 0 Å². The van der Waals surface area contributed by atoms with Crippen LogP contribution in [0.4, 0.5) is 0 Å². The maximum atomic E-state index is 4.94. The van der Waals surface area contributed by atoms with Crippen molar-refractivity contribution in [2.75, 3.05) is 26.4 Å². The molecule has 1 aliphatic rings. The topological polar surface area (TPSA) is 36.3 Å². The Morgan fingerprint density at radius 1 is 1.23 bits per heavy atom. The molecule has 72 valence electrons. The second-order valence-electron chi connectivity index (χ2n) is 2.42. The van der Waals surface area contributed by atoms with E-state index in [1.165, 1.54) is 0 Å². The van der Waals surface area contributed by atoms with Crippen molar-refractivity contribution < 1.29 is 9.47 Å². The van der Waals surface area contributed by atoms with Crippen LogP contribution in [-0.2, 0) is 9.47 Å². The zero-order valence-corrected chi connectivity index (χ0v) is 7.56. The van der Waals surface area contributed by atoms with Crippen molar-refractivity contribution in [3.8, 4) is 0 Å². The lowest BCUT2D eigenvalue weighted by molar-refractivity contribution is -0.0334. The summed E-state index contributed by atoms with van der Waals surface area (Å²) >= 11 is 0. The summed E-state index contributed by atoms with van der Waals surface area (Å²) < 4.78 is 11.7. The molecule has 0 bridgehead atoms. The van der Waals surface area contributed by atoms with E-state index in [4.69, 9.17) is 9.47 Å². The number of hydrogen-bond donors (Lipinski definition) is 0. The molecule has 0 unspecified atom stereocenters. The van der Waals surface area contributed by atoms with Gasteiger partial charge in [-0.2, -0.15) is 0 Å². The highest BCUT2D eigenvalue weighted by Crippen LogP contribution is 1.85. The average molecular weight is 182 g/mol. The van der Waals surface area contributed by atoms with Crippen LogP contribution in [0.25, 0.3) is 6.20 Å². The van der Waals surface area contributed by atoms with Gasteiger partial charge < -0.3 is 14.0 Å². The van der Waals surface area contributed by atoms with E-state index < -0.39 is 0 Å². The summed E-state index contributed by atoms with van der Waals surface area (Å²) in [6, 6.07) is 0. The number of imidazole rings is 1. The van der Waals surface area contributed by atoms with Gasteiger partial charge in [0.05, 0.1) is 32.8 Å². The van der Waals surface area contributed by atoms with E-state index in [1.54, 1.807) is 23.3 Å². The fourth-order valence-corrected chi connectivity index (χ4v) is 0.817. The van der Waals surface area contributed by atoms with Gasteiger partial charge in [-0.1, -0.05) is 6.58 Å². The zero-order valence-electron chi connectivity index (χ0n) is 7.56. The Labute approximate surface area is 77.8 Å². The summed E-state index contributed by atoms with van der Waals surface area (Å²) in [5, 5.41) is 0. The molecule has 2 heterocycles. The Morgan fingerprint density at radius 3 is 2.08 bits per heavy atom. The first-order valence-electron chi connectivity index (χ1n) is 4.19. The highest BCUT2D eigenvalue weighted by molar-refractivity contribution is 5.14. The molecule has 0 radical (unpaired) electrons. The van der Waals surface area contributed by atoms with Crippen molar-refractivity contribution in [2.45, 2.75) is 0 Å². The third-order valence-corrected chi connectivity index (χ3v) is 1.48. The van der Waals surface area contributed by atoms with Crippen molar-refractivity contribution in [3.63, 3.8) is 0 Å². The quantitative estimate of drug-likeness (QED) is 0.650. The summed E-state index contributed by atoms with van der Waals surface area (Å²) in [4.78, 5) is 3.78. The van der Waals surface area contributed by atoms with Gasteiger partial charge in [0.25, 0.3) is 0 Å². The Kier molecular flexibility index (Phi) is 4.90. The van der Waals surface area contributed by atoms with Crippen molar-refractivity contribution in [1.29, 1.82) is 0 Å². The largest absolute Gasteiger partial charge is 0.377 e. The lowest BCUT2D eigenvalue weighted by Crippen LogP contribution is -2.16. The van der Waals surface area contributed by atoms with Crippen LogP contribution in [0.15, 0.2) is 25.3 Å². The van der Waals surface area contributed by atoms with Gasteiger partial charge >= 0.3 is 0 Å². The standard InChI is InChI=1S/C5H6N2.C4H8O2/c1-2-7-4-3-6-5-7;1-2-6-4-3-5-1/h2-5H,1H2;1-4H2. The second kappa shape index (κ2) is 6.39. The summed E-state index contributed by atoms with van der Waals surface area (Å²) in [6.07, 6.45) is 6.91. The molecule has 2 rings (SSSR count). The molecule has 0 aromatic carbocycles. The van der Waals surface area contributed by atoms with Crippen LogP contribution < -0.4 is 0 Å². The molecule has 1 fully saturated rings. The molecule has 4 heteroatoms. The van der Waals surface area contributed by atoms with Crippen LogP contribution in [0.1, 0.15) is 0 Å². The van der Waals surface area contributed by atoms with Gasteiger partial charge in [-0.25, -0.2) is 4.98 Å². The molecule has 1 saturated heterocycles. The molecule has 1 aromatic heterocycles. The van der Waals surface area contributed by atoms with Gasteiger partial charge in [0, 0.05) is 18.6 Å². The maximum absolute atomic E-state index is 4.94. The molecule has 0 aliphatic carbocycles. The smallest absolute Gasteiger partial charge is 0.0986 e. The van der Waals surface area contributed by atoms with Gasteiger partial charge in [-0.05, 0) is 0 Å². The number of hydrogen-bond acceptors (Lipinski definition) is 3. The summed E-state index contributed by atoms with van der Waals surface area (Å²) in [5.74, 6) is 0. The van der Waals surface area contributed by atoms with Gasteiger partial charge in [0.1, 0.15) is 0 Å². The van der Waals surface area contributed by atoms with Gasteiger partial charge in [0.2, 0.25) is 0 Å². The fourth-order valence-electron chi connectivity index (χ4n) is 0.817. The van der Waals surface area contributed by atoms with E-state index >= 15 is 0 Å². The van der Waals surface area contributed by atoms with Crippen molar-refractivity contribution in [2.24, 2.45) is 0 Å². The predicted octanol–water partition coefficient (Wildman–Crippen LogP) is 1.02. The van der Waals surface area contributed by atoms with E-state index in [2.05, 4.69) is 11.6 Å². The normalized spacial score (nSPS) is 15.7. The highest BCUT2D eigenvalue weighted by atomic mass is 16.6. The molecule has 0 amide bonds. The molecule has 0 spiro atoms. The predicted molar refractivity (Wildman–Crippen MR) is 50.3 cm³/mol. The number of aromatic nitrogens is 2.